The van der Waals surface area contributed by atoms with E-state index < -0.39 is 18.1 Å². The summed E-state index contributed by atoms with van der Waals surface area (Å²) < 4.78 is 44.8. The van der Waals surface area contributed by atoms with Gasteiger partial charge in [-0.1, -0.05) is 13.8 Å². The first-order valence-corrected chi connectivity index (χ1v) is 5.22. The highest BCUT2D eigenvalue weighted by atomic mass is 19.4. The summed E-state index contributed by atoms with van der Waals surface area (Å²) in [6.07, 6.45) is -4.79. The zero-order valence-corrected chi connectivity index (χ0v) is 10.2. The molecule has 0 bridgehead atoms. The van der Waals surface area contributed by atoms with E-state index in [1.807, 2.05) is 0 Å². The Morgan fingerprint density at radius 1 is 1.22 bits per heavy atom. The van der Waals surface area contributed by atoms with Crippen LogP contribution >= 0.6 is 0 Å². The molecule has 6 heteroatoms. The van der Waals surface area contributed by atoms with Crippen LogP contribution in [0.5, 0.6) is 5.75 Å². The van der Waals surface area contributed by atoms with Crippen molar-refractivity contribution in [3.8, 4) is 5.75 Å². The number of alkyl halides is 3. The smallest absolute Gasteiger partial charge is 0.465 e. The maximum Gasteiger partial charge on any atom is 0.573 e. The number of rotatable bonds is 3. The van der Waals surface area contributed by atoms with Crippen LogP contribution in [0.25, 0.3) is 0 Å². The number of hydrogen-bond acceptors (Lipinski definition) is 3. The zero-order valence-electron chi connectivity index (χ0n) is 10.2. The first-order valence-electron chi connectivity index (χ1n) is 5.22. The van der Waals surface area contributed by atoms with E-state index in [4.69, 9.17) is 0 Å². The number of carbonyl (C=O) groups is 1. The second kappa shape index (κ2) is 5.29. The molecule has 0 aromatic heterocycles. The van der Waals surface area contributed by atoms with E-state index >= 15 is 0 Å². The number of benzene rings is 1. The van der Waals surface area contributed by atoms with E-state index in [-0.39, 0.29) is 11.5 Å². The highest BCUT2D eigenvalue weighted by molar-refractivity contribution is 5.90. The van der Waals surface area contributed by atoms with Crippen LogP contribution in [0.4, 0.5) is 13.2 Å². The van der Waals surface area contributed by atoms with Crippen LogP contribution in [-0.2, 0) is 4.74 Å². The SMILES string of the molecule is COC(=O)c1cc(OC(F)(F)F)cc(C(C)C)c1. The number of halogens is 3. The van der Waals surface area contributed by atoms with Crippen molar-refractivity contribution in [2.24, 2.45) is 0 Å². The van der Waals surface area contributed by atoms with E-state index in [9.17, 15) is 18.0 Å². The van der Waals surface area contributed by atoms with Gasteiger partial charge in [0.05, 0.1) is 12.7 Å². The summed E-state index contributed by atoms with van der Waals surface area (Å²) in [6, 6.07) is 3.75. The van der Waals surface area contributed by atoms with Crippen molar-refractivity contribution in [2.75, 3.05) is 7.11 Å². The average Bonchev–Trinajstić information content (AvgIpc) is 2.25. The molecule has 0 aliphatic carbocycles. The molecule has 0 saturated carbocycles. The Balaban J connectivity index is 3.18. The van der Waals surface area contributed by atoms with Gasteiger partial charge >= 0.3 is 12.3 Å². The summed E-state index contributed by atoms with van der Waals surface area (Å²) in [7, 11) is 1.16. The first-order chi connectivity index (χ1) is 8.23. The number of esters is 1. The predicted molar refractivity (Wildman–Crippen MR) is 58.6 cm³/mol. The van der Waals surface area contributed by atoms with Crippen molar-refractivity contribution in [3.05, 3.63) is 29.3 Å². The molecule has 1 aromatic rings. The van der Waals surface area contributed by atoms with E-state index in [0.717, 1.165) is 13.2 Å². The fraction of sp³-hybridized carbons (Fsp3) is 0.417. The van der Waals surface area contributed by atoms with E-state index in [1.165, 1.54) is 12.1 Å². The van der Waals surface area contributed by atoms with Crippen molar-refractivity contribution in [3.63, 3.8) is 0 Å². The van der Waals surface area contributed by atoms with Crippen LogP contribution in [0.15, 0.2) is 18.2 Å². The van der Waals surface area contributed by atoms with Gasteiger partial charge in [0.1, 0.15) is 5.75 Å². The molecule has 0 N–H and O–H groups in total. The van der Waals surface area contributed by atoms with Gasteiger partial charge in [0, 0.05) is 0 Å². The van der Waals surface area contributed by atoms with Crippen LogP contribution in [0.2, 0.25) is 0 Å². The Morgan fingerprint density at radius 2 is 1.83 bits per heavy atom. The van der Waals surface area contributed by atoms with Crippen molar-refractivity contribution < 1.29 is 27.4 Å². The van der Waals surface area contributed by atoms with Crippen LogP contribution in [0.3, 0.4) is 0 Å². The Morgan fingerprint density at radius 3 is 2.28 bits per heavy atom. The van der Waals surface area contributed by atoms with Gasteiger partial charge in [0.15, 0.2) is 0 Å². The maximum atomic E-state index is 12.2. The third-order valence-corrected chi connectivity index (χ3v) is 2.25. The average molecular weight is 262 g/mol. The Kier molecular flexibility index (Phi) is 4.21. The third-order valence-electron chi connectivity index (χ3n) is 2.25. The van der Waals surface area contributed by atoms with Crippen molar-refractivity contribution in [1.29, 1.82) is 0 Å². The summed E-state index contributed by atoms with van der Waals surface area (Å²) >= 11 is 0. The second-order valence-corrected chi connectivity index (χ2v) is 3.98. The van der Waals surface area contributed by atoms with Crippen molar-refractivity contribution in [2.45, 2.75) is 26.1 Å². The number of ether oxygens (including phenoxy) is 2. The molecule has 0 heterocycles. The van der Waals surface area contributed by atoms with Gasteiger partial charge in [-0.15, -0.1) is 13.2 Å². The molecule has 0 spiro atoms. The van der Waals surface area contributed by atoms with Crippen LogP contribution in [-0.4, -0.2) is 19.4 Å². The minimum atomic E-state index is -4.79. The predicted octanol–water partition coefficient (Wildman–Crippen LogP) is 3.50. The molecule has 100 valence electrons. The maximum absolute atomic E-state index is 12.2. The molecule has 0 fully saturated rings. The Hall–Kier alpha value is -1.72. The quantitative estimate of drug-likeness (QED) is 0.782. The van der Waals surface area contributed by atoms with Gasteiger partial charge in [-0.2, -0.15) is 0 Å². The minimum Gasteiger partial charge on any atom is -0.465 e. The van der Waals surface area contributed by atoms with Crippen LogP contribution in [0, 0.1) is 0 Å². The highest BCUT2D eigenvalue weighted by Gasteiger charge is 2.31. The topological polar surface area (TPSA) is 35.5 Å². The number of carbonyl (C=O) groups excluding carboxylic acids is 1. The first kappa shape index (κ1) is 14.3. The number of methoxy groups -OCH3 is 1. The summed E-state index contributed by atoms with van der Waals surface area (Å²) in [5, 5.41) is 0. The van der Waals surface area contributed by atoms with Gasteiger partial charge in [-0.25, -0.2) is 4.79 Å². The molecule has 1 rings (SSSR count). The monoisotopic (exact) mass is 262 g/mol. The molecule has 0 saturated heterocycles. The largest absolute Gasteiger partial charge is 0.573 e. The fourth-order valence-electron chi connectivity index (χ4n) is 1.38. The fourth-order valence-corrected chi connectivity index (χ4v) is 1.38. The van der Waals surface area contributed by atoms with Gasteiger partial charge in [-0.3, -0.25) is 0 Å². The lowest BCUT2D eigenvalue weighted by Gasteiger charge is -2.13. The minimum absolute atomic E-state index is 0.0305. The summed E-state index contributed by atoms with van der Waals surface area (Å²) in [6.45, 7) is 3.60. The van der Waals surface area contributed by atoms with Crippen LogP contribution < -0.4 is 4.74 Å². The summed E-state index contributed by atoms with van der Waals surface area (Å²) in [5.74, 6) is -1.16. The molecule has 0 amide bonds. The van der Waals surface area contributed by atoms with Gasteiger partial charge in [-0.05, 0) is 29.7 Å². The zero-order chi connectivity index (χ0) is 13.9. The standard InChI is InChI=1S/C12H13F3O3/c1-7(2)8-4-9(11(16)17-3)6-10(5-8)18-12(13,14)15/h4-7H,1-3H3. The molecule has 3 nitrogen and oxygen atoms in total. The Labute approximate surface area is 103 Å². The third kappa shape index (κ3) is 3.94. The van der Waals surface area contributed by atoms with Gasteiger partial charge < -0.3 is 9.47 Å². The van der Waals surface area contributed by atoms with E-state index in [1.54, 1.807) is 13.8 Å². The molecule has 0 aliphatic heterocycles. The summed E-state index contributed by atoms with van der Waals surface area (Å²) in [4.78, 5) is 11.3. The normalized spacial score (nSPS) is 11.5. The molecule has 18 heavy (non-hydrogen) atoms. The molecular weight excluding hydrogens is 249 g/mol. The highest BCUT2D eigenvalue weighted by Crippen LogP contribution is 2.28. The van der Waals surface area contributed by atoms with E-state index in [2.05, 4.69) is 9.47 Å². The van der Waals surface area contributed by atoms with Gasteiger partial charge in [0.2, 0.25) is 0 Å². The van der Waals surface area contributed by atoms with Crippen LogP contribution in [0.1, 0.15) is 35.7 Å². The number of hydrogen-bond donors (Lipinski definition) is 0. The van der Waals surface area contributed by atoms with Crippen molar-refractivity contribution in [1.82, 2.24) is 0 Å². The molecule has 0 atom stereocenters. The lowest BCUT2D eigenvalue weighted by molar-refractivity contribution is -0.274. The molecular formula is C12H13F3O3. The lowest BCUT2D eigenvalue weighted by atomic mass is 10.0. The van der Waals surface area contributed by atoms with Gasteiger partial charge in [0.25, 0.3) is 0 Å². The summed E-state index contributed by atoms with van der Waals surface area (Å²) in [5.41, 5.74) is 0.597. The molecule has 1 aromatic carbocycles. The van der Waals surface area contributed by atoms with E-state index in [0.29, 0.717) is 5.56 Å². The molecule has 0 radical (unpaired) electrons. The van der Waals surface area contributed by atoms with Crippen molar-refractivity contribution >= 4 is 5.97 Å². The Bertz CT molecular complexity index is 439. The molecule has 0 aliphatic rings. The second-order valence-electron chi connectivity index (χ2n) is 3.98. The lowest BCUT2D eigenvalue weighted by Crippen LogP contribution is -2.17. The molecule has 0 unspecified atom stereocenters.